The lowest BCUT2D eigenvalue weighted by Crippen LogP contribution is -2.01. The third-order valence-corrected chi connectivity index (χ3v) is 5.21. The van der Waals surface area contributed by atoms with Crippen LogP contribution in [-0.4, -0.2) is 11.7 Å². The number of rotatable bonds is 19. The van der Waals surface area contributed by atoms with Crippen molar-refractivity contribution in [3.05, 3.63) is 0 Å². The average molecular weight is 357 g/mol. The zero-order valence-corrected chi connectivity index (χ0v) is 17.6. The molecular formula is C22H44OS. The fraction of sp³-hybridized carbons (Fsp3) is 0.955. The first-order valence-electron chi connectivity index (χ1n) is 11.0. The first-order valence-corrected chi connectivity index (χ1v) is 11.4. The number of hydrogen-bond donors (Lipinski definition) is 0. The van der Waals surface area contributed by atoms with Crippen LogP contribution in [0.25, 0.3) is 0 Å². The monoisotopic (exact) mass is 356 g/mol. The third kappa shape index (κ3) is 19.9. The molecule has 0 aromatic heterocycles. The van der Waals surface area contributed by atoms with E-state index in [1.165, 1.54) is 109 Å². The van der Waals surface area contributed by atoms with Crippen molar-refractivity contribution >= 4 is 17.3 Å². The highest BCUT2D eigenvalue weighted by molar-refractivity contribution is 7.80. The fourth-order valence-corrected chi connectivity index (χ4v) is 3.20. The van der Waals surface area contributed by atoms with Gasteiger partial charge in [0.25, 0.3) is 0 Å². The summed E-state index contributed by atoms with van der Waals surface area (Å²) in [6, 6.07) is 0. The summed E-state index contributed by atoms with van der Waals surface area (Å²) in [6.07, 6.45) is 24.9. The average Bonchev–Trinajstić information content (AvgIpc) is 2.60. The van der Waals surface area contributed by atoms with Gasteiger partial charge in [-0.25, -0.2) is 0 Å². The Balaban J connectivity index is 2.99. The van der Waals surface area contributed by atoms with Crippen molar-refractivity contribution in [2.24, 2.45) is 0 Å². The van der Waals surface area contributed by atoms with Crippen LogP contribution in [0, 0.1) is 0 Å². The van der Waals surface area contributed by atoms with Crippen LogP contribution < -0.4 is 0 Å². The second kappa shape index (κ2) is 20.9. The molecule has 144 valence electrons. The molecule has 0 atom stereocenters. The summed E-state index contributed by atoms with van der Waals surface area (Å²) in [5.74, 6) is 0. The van der Waals surface area contributed by atoms with Gasteiger partial charge in [-0.3, -0.25) is 0 Å². The lowest BCUT2D eigenvalue weighted by molar-refractivity contribution is 0.293. The van der Waals surface area contributed by atoms with E-state index in [0.717, 1.165) is 18.1 Å². The summed E-state index contributed by atoms with van der Waals surface area (Å²) < 4.78 is 5.45. The van der Waals surface area contributed by atoms with Gasteiger partial charge in [0.1, 0.15) is 0 Å². The van der Waals surface area contributed by atoms with Gasteiger partial charge in [-0.05, 0) is 18.6 Å². The number of unbranched alkanes of at least 4 members (excludes halogenated alkanes) is 16. The van der Waals surface area contributed by atoms with Crippen LogP contribution in [0.5, 0.6) is 0 Å². The van der Waals surface area contributed by atoms with Crippen molar-refractivity contribution in [2.75, 3.05) is 6.61 Å². The molecule has 0 radical (unpaired) electrons. The van der Waals surface area contributed by atoms with Crippen LogP contribution in [0.15, 0.2) is 0 Å². The Morgan fingerprint density at radius 2 is 0.875 bits per heavy atom. The van der Waals surface area contributed by atoms with E-state index in [4.69, 9.17) is 17.0 Å². The smallest absolute Gasteiger partial charge is 0.159 e. The third-order valence-electron chi connectivity index (χ3n) is 4.80. The molecule has 0 rings (SSSR count). The number of thiocarbonyl (C=S) groups is 1. The highest BCUT2D eigenvalue weighted by Gasteiger charge is 1.96. The van der Waals surface area contributed by atoms with Gasteiger partial charge < -0.3 is 4.74 Å². The Morgan fingerprint density at radius 1 is 0.542 bits per heavy atom. The molecule has 0 fully saturated rings. The van der Waals surface area contributed by atoms with E-state index < -0.39 is 0 Å². The van der Waals surface area contributed by atoms with E-state index in [0.29, 0.717) is 0 Å². The van der Waals surface area contributed by atoms with Crippen LogP contribution in [0.1, 0.15) is 129 Å². The van der Waals surface area contributed by atoms with Gasteiger partial charge in [-0.15, -0.1) is 0 Å². The molecular weight excluding hydrogens is 312 g/mol. The van der Waals surface area contributed by atoms with Gasteiger partial charge in [0.2, 0.25) is 0 Å². The first-order chi connectivity index (χ1) is 11.8. The van der Waals surface area contributed by atoms with Gasteiger partial charge in [-0.2, -0.15) is 0 Å². The molecule has 0 amide bonds. The van der Waals surface area contributed by atoms with Crippen molar-refractivity contribution < 1.29 is 4.74 Å². The minimum Gasteiger partial charge on any atom is -0.487 e. The van der Waals surface area contributed by atoms with Crippen LogP contribution in [0.3, 0.4) is 0 Å². The zero-order chi connectivity index (χ0) is 17.7. The largest absolute Gasteiger partial charge is 0.487 e. The van der Waals surface area contributed by atoms with Gasteiger partial charge in [0.15, 0.2) is 5.05 Å². The predicted molar refractivity (Wildman–Crippen MR) is 113 cm³/mol. The fourth-order valence-electron chi connectivity index (χ4n) is 3.12. The van der Waals surface area contributed by atoms with Crippen molar-refractivity contribution in [3.63, 3.8) is 0 Å². The van der Waals surface area contributed by atoms with Crippen molar-refractivity contribution in [1.29, 1.82) is 0 Å². The molecule has 0 aliphatic rings. The zero-order valence-electron chi connectivity index (χ0n) is 16.8. The van der Waals surface area contributed by atoms with E-state index >= 15 is 0 Å². The maximum absolute atomic E-state index is 5.45. The second-order valence-electron chi connectivity index (χ2n) is 7.23. The van der Waals surface area contributed by atoms with Crippen LogP contribution in [-0.2, 0) is 4.74 Å². The molecule has 0 aliphatic carbocycles. The van der Waals surface area contributed by atoms with Crippen LogP contribution in [0.2, 0.25) is 0 Å². The first kappa shape index (κ1) is 23.9. The highest BCUT2D eigenvalue weighted by atomic mass is 32.1. The molecule has 0 heterocycles. The van der Waals surface area contributed by atoms with E-state index in [9.17, 15) is 0 Å². The standard InChI is InChI=1S/C22H44OS/c1-3-5-6-7-8-9-10-11-12-13-14-15-16-17-18-19-20-21-23-22(24)4-2/h3-21H2,1-2H3. The molecule has 2 heteroatoms. The van der Waals surface area contributed by atoms with E-state index in [-0.39, 0.29) is 0 Å². The predicted octanol–water partition coefficient (Wildman–Crippen LogP) is 8.39. The SMILES string of the molecule is CCCCCCCCCCCCCCCCCCCOC(=S)CC. The number of ether oxygens (including phenoxy) is 1. The lowest BCUT2D eigenvalue weighted by atomic mass is 10.0. The Morgan fingerprint density at radius 3 is 1.21 bits per heavy atom. The molecule has 24 heavy (non-hydrogen) atoms. The van der Waals surface area contributed by atoms with Crippen molar-refractivity contribution in [1.82, 2.24) is 0 Å². The van der Waals surface area contributed by atoms with Crippen molar-refractivity contribution in [3.8, 4) is 0 Å². The second-order valence-corrected chi connectivity index (χ2v) is 7.69. The minimum atomic E-state index is 0.770. The van der Waals surface area contributed by atoms with E-state index in [1.54, 1.807) is 0 Å². The molecule has 0 N–H and O–H groups in total. The van der Waals surface area contributed by atoms with Gasteiger partial charge >= 0.3 is 0 Å². The summed E-state index contributed by atoms with van der Waals surface area (Å²) in [5, 5.41) is 0.770. The molecule has 0 saturated heterocycles. The Labute approximate surface area is 158 Å². The molecule has 0 spiro atoms. The van der Waals surface area contributed by atoms with Crippen LogP contribution >= 0.6 is 12.2 Å². The van der Waals surface area contributed by atoms with Crippen molar-refractivity contribution in [2.45, 2.75) is 129 Å². The highest BCUT2D eigenvalue weighted by Crippen LogP contribution is 2.14. The molecule has 0 aromatic carbocycles. The summed E-state index contributed by atoms with van der Waals surface area (Å²) in [7, 11) is 0. The van der Waals surface area contributed by atoms with E-state index in [1.807, 2.05) is 0 Å². The maximum Gasteiger partial charge on any atom is 0.159 e. The topological polar surface area (TPSA) is 9.23 Å². The summed E-state index contributed by atoms with van der Waals surface area (Å²) in [6.45, 7) is 5.17. The summed E-state index contributed by atoms with van der Waals surface area (Å²) in [4.78, 5) is 0. The minimum absolute atomic E-state index is 0.770. The maximum atomic E-state index is 5.45. The molecule has 0 saturated carbocycles. The van der Waals surface area contributed by atoms with Gasteiger partial charge in [0, 0.05) is 6.42 Å². The van der Waals surface area contributed by atoms with Gasteiger partial charge in [0.05, 0.1) is 6.61 Å². The Kier molecular flexibility index (Phi) is 20.8. The quantitative estimate of drug-likeness (QED) is 0.170. The summed E-state index contributed by atoms with van der Waals surface area (Å²) >= 11 is 5.05. The Hall–Kier alpha value is -0.110. The van der Waals surface area contributed by atoms with Crippen LogP contribution in [0.4, 0.5) is 0 Å². The van der Waals surface area contributed by atoms with Gasteiger partial charge in [-0.1, -0.05) is 117 Å². The Bertz CT molecular complexity index is 252. The molecule has 0 bridgehead atoms. The molecule has 0 aliphatic heterocycles. The normalized spacial score (nSPS) is 10.9. The summed E-state index contributed by atoms with van der Waals surface area (Å²) in [5.41, 5.74) is 0. The molecule has 0 aromatic rings. The number of hydrogen-bond acceptors (Lipinski definition) is 2. The molecule has 0 unspecified atom stereocenters. The molecule has 1 nitrogen and oxygen atoms in total. The lowest BCUT2D eigenvalue weighted by Gasteiger charge is -2.05. The van der Waals surface area contributed by atoms with E-state index in [2.05, 4.69) is 13.8 Å².